The number of hydrogen-bond donors (Lipinski definition) is 0. The van der Waals surface area contributed by atoms with E-state index in [1.807, 2.05) is 0 Å². The summed E-state index contributed by atoms with van der Waals surface area (Å²) in [6.45, 7) is 9.11. The predicted octanol–water partition coefficient (Wildman–Crippen LogP) is 19.1. The van der Waals surface area contributed by atoms with Gasteiger partial charge < -0.3 is 14.0 Å². The monoisotopic (exact) mass is 813 g/mol. The Bertz CT molecular complexity index is 705. The smallest absolute Gasteiger partial charge is 0.386 e. The van der Waals surface area contributed by atoms with E-state index < -0.39 is 7.32 Å². The van der Waals surface area contributed by atoms with Crippen molar-refractivity contribution in [2.24, 2.45) is 0 Å². The van der Waals surface area contributed by atoms with E-state index >= 15 is 0 Å². The van der Waals surface area contributed by atoms with E-state index in [1.165, 1.54) is 250 Å². The van der Waals surface area contributed by atoms with Crippen LogP contribution in [0.4, 0.5) is 0 Å². The molecule has 0 aliphatic carbocycles. The van der Waals surface area contributed by atoms with Crippen LogP contribution in [-0.4, -0.2) is 27.1 Å². The summed E-state index contributed by atoms with van der Waals surface area (Å²) in [4.78, 5) is 0. The van der Waals surface area contributed by atoms with Gasteiger partial charge in [0.2, 0.25) is 0 Å². The van der Waals surface area contributed by atoms with Gasteiger partial charge >= 0.3 is 7.32 Å². The van der Waals surface area contributed by atoms with E-state index in [0.29, 0.717) is 0 Å². The lowest BCUT2D eigenvalue weighted by atomic mass is 10.1. The molecule has 0 fully saturated rings. The number of hydrogen-bond acceptors (Lipinski definition) is 3. The molecule has 342 valence electrons. The maximum absolute atomic E-state index is 6.15. The summed E-state index contributed by atoms with van der Waals surface area (Å²) in [7, 11) is -0.491. The van der Waals surface area contributed by atoms with Gasteiger partial charge in [-0.15, -0.1) is 0 Å². The first-order valence-electron chi connectivity index (χ1n) is 26.6. The molecule has 0 saturated heterocycles. The summed E-state index contributed by atoms with van der Waals surface area (Å²) in [6.07, 6.45) is 70.3. The van der Waals surface area contributed by atoms with E-state index in [1.54, 1.807) is 0 Å². The summed E-state index contributed by atoms with van der Waals surface area (Å²) in [5.41, 5.74) is 0. The molecule has 0 N–H and O–H groups in total. The minimum absolute atomic E-state index is 0.491. The van der Waals surface area contributed by atoms with Gasteiger partial charge in [-0.1, -0.05) is 231 Å². The van der Waals surface area contributed by atoms with Gasteiger partial charge in [-0.05, 0) is 96.3 Å². The molecule has 0 rings (SSSR count). The Labute approximate surface area is 366 Å². The van der Waals surface area contributed by atoms with Crippen LogP contribution < -0.4 is 0 Å². The largest absolute Gasteiger partial charge is 0.639 e. The number of allylic oxidation sites excluding steroid dienone is 6. The van der Waals surface area contributed by atoms with Crippen LogP contribution in [0.3, 0.4) is 0 Å². The zero-order valence-corrected chi connectivity index (χ0v) is 40.1. The summed E-state index contributed by atoms with van der Waals surface area (Å²) in [5, 5.41) is 0. The molecule has 0 saturated carbocycles. The molecule has 0 aromatic rings. The molecule has 0 aliphatic rings. The van der Waals surface area contributed by atoms with Crippen molar-refractivity contribution in [3.8, 4) is 0 Å². The molecule has 58 heavy (non-hydrogen) atoms. The van der Waals surface area contributed by atoms with Crippen molar-refractivity contribution in [1.29, 1.82) is 0 Å². The highest BCUT2D eigenvalue weighted by molar-refractivity contribution is 6.36. The molecule has 0 atom stereocenters. The number of unbranched alkanes of at least 4 members (excludes halogenated alkanes) is 36. The standard InChI is InChI=1S/C54H105BO3/c1-4-7-10-13-16-19-22-25-28-31-34-37-40-43-46-49-52-56-55(57-53-50-47-44-41-38-35-32-29-26-23-20-17-14-11-8-5-2)58-54-51-48-45-42-39-36-33-30-27-24-21-18-15-12-9-6-3/h25-30H,4-24,31-54H2,1-3H3/b28-25+,29-26+,30-27+. The Morgan fingerprint density at radius 2 is 0.397 bits per heavy atom. The Morgan fingerprint density at radius 3 is 0.603 bits per heavy atom. The SMILES string of the molecule is CCCCCCCC/C=C/CCCCCCCCOB(OCCCCCCCC/C=C/CCCCCCCC)OCCCCCCCC/C=C/CCCCCCCC. The zero-order valence-electron chi connectivity index (χ0n) is 40.1. The molecular weight excluding hydrogens is 707 g/mol. The average molecular weight is 813 g/mol. The van der Waals surface area contributed by atoms with Crippen molar-refractivity contribution in [2.75, 3.05) is 19.8 Å². The van der Waals surface area contributed by atoms with E-state index in [9.17, 15) is 0 Å². The van der Waals surface area contributed by atoms with E-state index in [0.717, 1.165) is 39.1 Å². The van der Waals surface area contributed by atoms with Gasteiger partial charge in [0, 0.05) is 19.8 Å². The van der Waals surface area contributed by atoms with Crippen LogP contribution in [0, 0.1) is 0 Å². The summed E-state index contributed by atoms with van der Waals surface area (Å²) in [5.74, 6) is 0. The van der Waals surface area contributed by atoms with Crippen LogP contribution in [0.25, 0.3) is 0 Å². The van der Waals surface area contributed by atoms with Gasteiger partial charge in [-0.3, -0.25) is 0 Å². The lowest BCUT2D eigenvalue weighted by Gasteiger charge is -2.15. The van der Waals surface area contributed by atoms with Crippen molar-refractivity contribution in [2.45, 2.75) is 290 Å². The van der Waals surface area contributed by atoms with Gasteiger partial charge in [-0.2, -0.15) is 0 Å². The Hall–Kier alpha value is -0.835. The minimum atomic E-state index is -0.491. The lowest BCUT2D eigenvalue weighted by Crippen LogP contribution is -2.28. The molecule has 3 nitrogen and oxygen atoms in total. The lowest BCUT2D eigenvalue weighted by molar-refractivity contribution is 0.0885. The molecule has 0 aromatic heterocycles. The minimum Gasteiger partial charge on any atom is -0.386 e. The summed E-state index contributed by atoms with van der Waals surface area (Å²) in [6, 6.07) is 0. The third kappa shape index (κ3) is 51.3. The predicted molar refractivity (Wildman–Crippen MR) is 262 cm³/mol. The van der Waals surface area contributed by atoms with Gasteiger partial charge in [0.15, 0.2) is 0 Å². The van der Waals surface area contributed by atoms with Crippen LogP contribution in [0.15, 0.2) is 36.5 Å². The zero-order chi connectivity index (χ0) is 41.8. The van der Waals surface area contributed by atoms with E-state index in [-0.39, 0.29) is 0 Å². The highest BCUT2D eigenvalue weighted by atomic mass is 16.7. The van der Waals surface area contributed by atoms with Crippen LogP contribution in [0.2, 0.25) is 0 Å². The van der Waals surface area contributed by atoms with Crippen molar-refractivity contribution in [1.82, 2.24) is 0 Å². The van der Waals surface area contributed by atoms with Crippen molar-refractivity contribution >= 4 is 7.32 Å². The van der Waals surface area contributed by atoms with Gasteiger partial charge in [0.1, 0.15) is 0 Å². The second-order valence-electron chi connectivity index (χ2n) is 17.7. The fourth-order valence-electron chi connectivity index (χ4n) is 7.73. The van der Waals surface area contributed by atoms with Gasteiger partial charge in [0.25, 0.3) is 0 Å². The first kappa shape index (κ1) is 57.2. The Kier molecular flexibility index (Phi) is 53.4. The van der Waals surface area contributed by atoms with Crippen molar-refractivity contribution in [3.05, 3.63) is 36.5 Å². The maximum atomic E-state index is 6.15. The van der Waals surface area contributed by atoms with Gasteiger partial charge in [-0.25, -0.2) is 0 Å². The molecule has 0 aliphatic heterocycles. The topological polar surface area (TPSA) is 27.7 Å². The van der Waals surface area contributed by atoms with E-state index in [2.05, 4.69) is 57.2 Å². The van der Waals surface area contributed by atoms with Gasteiger partial charge in [0.05, 0.1) is 0 Å². The molecule has 0 heterocycles. The molecule has 0 amide bonds. The third-order valence-electron chi connectivity index (χ3n) is 11.7. The number of rotatable bonds is 51. The van der Waals surface area contributed by atoms with Crippen LogP contribution in [0.5, 0.6) is 0 Å². The first-order chi connectivity index (χ1) is 28.8. The highest BCUT2D eigenvalue weighted by Gasteiger charge is 2.20. The second-order valence-corrected chi connectivity index (χ2v) is 17.7. The molecule has 4 heteroatoms. The third-order valence-corrected chi connectivity index (χ3v) is 11.7. The van der Waals surface area contributed by atoms with Crippen LogP contribution in [-0.2, 0) is 14.0 Å². The molecular formula is C54H105BO3. The normalized spacial score (nSPS) is 12.1. The molecule has 0 bridgehead atoms. The molecule has 0 aromatic carbocycles. The fraction of sp³-hybridized carbons (Fsp3) is 0.889. The first-order valence-corrected chi connectivity index (χ1v) is 26.6. The fourth-order valence-corrected chi connectivity index (χ4v) is 7.73. The highest BCUT2D eigenvalue weighted by Crippen LogP contribution is 2.14. The van der Waals surface area contributed by atoms with Crippen molar-refractivity contribution in [3.63, 3.8) is 0 Å². The quantitative estimate of drug-likeness (QED) is 0.0348. The Balaban J connectivity index is 4.05. The second kappa shape index (κ2) is 54.2. The van der Waals surface area contributed by atoms with Crippen molar-refractivity contribution < 1.29 is 14.0 Å². The summed E-state index contributed by atoms with van der Waals surface area (Å²) >= 11 is 0. The molecule has 0 spiro atoms. The Morgan fingerprint density at radius 1 is 0.224 bits per heavy atom. The maximum Gasteiger partial charge on any atom is 0.639 e. The van der Waals surface area contributed by atoms with Crippen LogP contribution in [0.1, 0.15) is 290 Å². The molecule has 0 unspecified atom stereocenters. The van der Waals surface area contributed by atoms with E-state index in [4.69, 9.17) is 14.0 Å². The van der Waals surface area contributed by atoms with Crippen LogP contribution >= 0.6 is 0 Å². The summed E-state index contributed by atoms with van der Waals surface area (Å²) < 4.78 is 18.5. The molecule has 0 radical (unpaired) electrons. The average Bonchev–Trinajstić information content (AvgIpc) is 3.23.